The highest BCUT2D eigenvalue weighted by Gasteiger charge is 2.19. The summed E-state index contributed by atoms with van der Waals surface area (Å²) in [7, 11) is 1.61. The smallest absolute Gasteiger partial charge is 0.263 e. The fourth-order valence-corrected chi connectivity index (χ4v) is 1.70. The second-order valence-corrected chi connectivity index (χ2v) is 3.95. The Morgan fingerprint density at radius 1 is 1.17 bits per heavy atom. The Morgan fingerprint density at radius 2 is 1.67 bits per heavy atom. The molecule has 0 saturated heterocycles. The molecule has 1 atom stereocenters. The number of hydrogen-bond donors (Lipinski definition) is 0. The number of methoxy groups -OCH3 is 1. The fraction of sp³-hybridized carbons (Fsp3) is 0.500. The lowest BCUT2D eigenvalue weighted by Gasteiger charge is -2.23. The summed E-state index contributed by atoms with van der Waals surface area (Å²) in [6, 6.07) is 7.21. The minimum Gasteiger partial charge on any atom is -0.497 e. The fourth-order valence-electron chi connectivity index (χ4n) is 1.70. The molecule has 1 aromatic carbocycles. The first kappa shape index (κ1) is 14.4. The van der Waals surface area contributed by atoms with Crippen molar-refractivity contribution in [3.05, 3.63) is 24.3 Å². The van der Waals surface area contributed by atoms with Crippen LogP contribution >= 0.6 is 0 Å². The van der Waals surface area contributed by atoms with E-state index in [9.17, 15) is 4.79 Å². The highest BCUT2D eigenvalue weighted by atomic mass is 16.5. The molecule has 0 fully saturated rings. The monoisotopic (exact) mass is 251 g/mol. The maximum absolute atomic E-state index is 12.0. The van der Waals surface area contributed by atoms with Crippen LogP contribution in [0.15, 0.2) is 24.3 Å². The summed E-state index contributed by atoms with van der Waals surface area (Å²) in [6.07, 6.45) is -0.474. The quantitative estimate of drug-likeness (QED) is 0.779. The normalized spacial score (nSPS) is 11.8. The molecule has 0 bridgehead atoms. The molecule has 4 nitrogen and oxygen atoms in total. The maximum Gasteiger partial charge on any atom is 0.263 e. The van der Waals surface area contributed by atoms with E-state index in [-0.39, 0.29) is 5.91 Å². The van der Waals surface area contributed by atoms with Gasteiger partial charge in [0.2, 0.25) is 0 Å². The molecule has 0 spiro atoms. The highest BCUT2D eigenvalue weighted by Crippen LogP contribution is 2.18. The molecule has 18 heavy (non-hydrogen) atoms. The molecule has 1 amide bonds. The van der Waals surface area contributed by atoms with E-state index < -0.39 is 6.10 Å². The van der Waals surface area contributed by atoms with E-state index in [0.29, 0.717) is 18.8 Å². The van der Waals surface area contributed by atoms with Gasteiger partial charge in [0.25, 0.3) is 5.91 Å². The van der Waals surface area contributed by atoms with Gasteiger partial charge in [-0.3, -0.25) is 4.79 Å². The number of rotatable bonds is 6. The lowest BCUT2D eigenvalue weighted by atomic mass is 10.3. The van der Waals surface area contributed by atoms with Crippen molar-refractivity contribution in [1.29, 1.82) is 0 Å². The molecule has 0 saturated carbocycles. The van der Waals surface area contributed by atoms with E-state index in [2.05, 4.69) is 0 Å². The SMILES string of the molecule is CCN(CC)C(=O)[C@H](C)Oc1ccc(OC)cc1. The molecule has 4 heteroatoms. The van der Waals surface area contributed by atoms with Crippen LogP contribution in [0, 0.1) is 0 Å². The summed E-state index contributed by atoms with van der Waals surface area (Å²) in [4.78, 5) is 13.8. The van der Waals surface area contributed by atoms with Crippen LogP contribution in [0.2, 0.25) is 0 Å². The summed E-state index contributed by atoms with van der Waals surface area (Å²) in [5.41, 5.74) is 0. The Morgan fingerprint density at radius 3 is 2.11 bits per heavy atom. The molecule has 0 unspecified atom stereocenters. The third kappa shape index (κ3) is 3.65. The number of hydrogen-bond acceptors (Lipinski definition) is 3. The number of ether oxygens (including phenoxy) is 2. The molecule has 0 N–H and O–H groups in total. The molecule has 1 aromatic rings. The van der Waals surface area contributed by atoms with Gasteiger partial charge in [-0.25, -0.2) is 0 Å². The Bertz CT molecular complexity index is 371. The van der Waals surface area contributed by atoms with Crippen molar-refractivity contribution in [3.63, 3.8) is 0 Å². The average molecular weight is 251 g/mol. The molecule has 0 radical (unpaired) electrons. The van der Waals surface area contributed by atoms with Gasteiger partial charge in [0.05, 0.1) is 7.11 Å². The average Bonchev–Trinajstić information content (AvgIpc) is 2.40. The van der Waals surface area contributed by atoms with E-state index in [1.54, 1.807) is 31.1 Å². The van der Waals surface area contributed by atoms with Crippen LogP contribution < -0.4 is 9.47 Å². The molecule has 1 rings (SSSR count). The Balaban J connectivity index is 2.62. The second-order valence-electron chi connectivity index (χ2n) is 3.95. The summed E-state index contributed by atoms with van der Waals surface area (Å²) in [6.45, 7) is 7.09. The molecule has 0 aliphatic carbocycles. The van der Waals surface area contributed by atoms with Gasteiger partial charge in [0.1, 0.15) is 11.5 Å². The number of nitrogens with zero attached hydrogens (tertiary/aromatic N) is 1. The van der Waals surface area contributed by atoms with Crippen LogP contribution in [0.3, 0.4) is 0 Å². The van der Waals surface area contributed by atoms with Crippen LogP contribution in [-0.4, -0.2) is 37.1 Å². The first-order valence-corrected chi connectivity index (χ1v) is 6.21. The largest absolute Gasteiger partial charge is 0.497 e. The molecule has 0 aliphatic rings. The van der Waals surface area contributed by atoms with Crippen molar-refractivity contribution in [2.75, 3.05) is 20.2 Å². The van der Waals surface area contributed by atoms with Crippen LogP contribution in [-0.2, 0) is 4.79 Å². The summed E-state index contributed by atoms with van der Waals surface area (Å²) in [5, 5.41) is 0. The van der Waals surface area contributed by atoms with Gasteiger partial charge in [-0.15, -0.1) is 0 Å². The van der Waals surface area contributed by atoms with E-state index in [1.165, 1.54) is 0 Å². The third-order valence-electron chi connectivity index (χ3n) is 2.80. The van der Waals surface area contributed by atoms with Gasteiger partial charge in [0.15, 0.2) is 6.10 Å². The van der Waals surface area contributed by atoms with Gasteiger partial charge in [-0.1, -0.05) is 0 Å². The molecule has 100 valence electrons. The molecule has 0 heterocycles. The van der Waals surface area contributed by atoms with Crippen molar-refractivity contribution >= 4 is 5.91 Å². The standard InChI is InChI=1S/C14H21NO3/c1-5-15(6-2)14(16)11(3)18-13-9-7-12(17-4)8-10-13/h7-11H,5-6H2,1-4H3/t11-/m0/s1. The lowest BCUT2D eigenvalue weighted by molar-refractivity contribution is -0.137. The third-order valence-corrected chi connectivity index (χ3v) is 2.80. The lowest BCUT2D eigenvalue weighted by Crippen LogP contribution is -2.40. The predicted octanol–water partition coefficient (Wildman–Crippen LogP) is 2.33. The second kappa shape index (κ2) is 6.89. The molecular weight excluding hydrogens is 230 g/mol. The van der Waals surface area contributed by atoms with E-state index >= 15 is 0 Å². The number of likely N-dealkylation sites (N-methyl/N-ethyl adjacent to an activating group) is 1. The highest BCUT2D eigenvalue weighted by molar-refractivity contribution is 5.80. The zero-order chi connectivity index (χ0) is 13.5. The van der Waals surface area contributed by atoms with Gasteiger partial charge in [0, 0.05) is 13.1 Å². The number of carbonyl (C=O) groups excluding carboxylic acids is 1. The topological polar surface area (TPSA) is 38.8 Å². The van der Waals surface area contributed by atoms with Crippen LogP contribution in [0.5, 0.6) is 11.5 Å². The Hall–Kier alpha value is -1.71. The first-order valence-electron chi connectivity index (χ1n) is 6.21. The van der Waals surface area contributed by atoms with E-state index in [4.69, 9.17) is 9.47 Å². The van der Waals surface area contributed by atoms with Crippen LogP contribution in [0.1, 0.15) is 20.8 Å². The van der Waals surface area contributed by atoms with Gasteiger partial charge in [-0.2, -0.15) is 0 Å². The van der Waals surface area contributed by atoms with Gasteiger partial charge in [-0.05, 0) is 45.0 Å². The zero-order valence-corrected chi connectivity index (χ0v) is 11.5. The van der Waals surface area contributed by atoms with Gasteiger partial charge < -0.3 is 14.4 Å². The van der Waals surface area contributed by atoms with Gasteiger partial charge >= 0.3 is 0 Å². The van der Waals surface area contributed by atoms with E-state index in [1.807, 2.05) is 26.0 Å². The van der Waals surface area contributed by atoms with Crippen molar-refractivity contribution in [2.45, 2.75) is 26.9 Å². The van der Waals surface area contributed by atoms with Crippen molar-refractivity contribution in [2.24, 2.45) is 0 Å². The van der Waals surface area contributed by atoms with E-state index in [0.717, 1.165) is 5.75 Å². The summed E-state index contributed by atoms with van der Waals surface area (Å²) >= 11 is 0. The molecular formula is C14H21NO3. The van der Waals surface area contributed by atoms with Crippen LogP contribution in [0.4, 0.5) is 0 Å². The van der Waals surface area contributed by atoms with Crippen molar-refractivity contribution in [1.82, 2.24) is 4.90 Å². The maximum atomic E-state index is 12.0. The Kier molecular flexibility index (Phi) is 5.49. The first-order chi connectivity index (χ1) is 8.62. The minimum absolute atomic E-state index is 0.0100. The summed E-state index contributed by atoms with van der Waals surface area (Å²) in [5.74, 6) is 1.45. The minimum atomic E-state index is -0.474. The predicted molar refractivity (Wildman–Crippen MR) is 71.0 cm³/mol. The zero-order valence-electron chi connectivity index (χ0n) is 11.5. The number of benzene rings is 1. The van der Waals surface area contributed by atoms with Crippen molar-refractivity contribution in [3.8, 4) is 11.5 Å². The molecule has 0 aromatic heterocycles. The van der Waals surface area contributed by atoms with Crippen molar-refractivity contribution < 1.29 is 14.3 Å². The number of amides is 1. The number of carbonyl (C=O) groups is 1. The van der Waals surface area contributed by atoms with Crippen LogP contribution in [0.25, 0.3) is 0 Å². The molecule has 0 aliphatic heterocycles. The summed E-state index contributed by atoms with van der Waals surface area (Å²) < 4.78 is 10.7. The Labute approximate surface area is 108 Å².